The molecule has 1 saturated heterocycles. The lowest BCUT2D eigenvalue weighted by molar-refractivity contribution is -0.134. The summed E-state index contributed by atoms with van der Waals surface area (Å²) in [6, 6.07) is 3.27. The Balaban J connectivity index is 1.55. The van der Waals surface area contributed by atoms with Crippen LogP contribution in [-0.4, -0.2) is 34.8 Å². The van der Waals surface area contributed by atoms with E-state index in [4.69, 9.17) is 0 Å². The number of hydrogen-bond acceptors (Lipinski definition) is 5. The summed E-state index contributed by atoms with van der Waals surface area (Å²) >= 11 is 0. The molecule has 3 rings (SSSR count). The Morgan fingerprint density at radius 3 is 2.58 bits per heavy atom. The second kappa shape index (κ2) is 7.42. The molecular formula is C17H22N4O3. The Morgan fingerprint density at radius 2 is 1.92 bits per heavy atom. The number of amides is 3. The SMILES string of the molecule is O=C1CCC(NC(=O)c2ccc(NC3CCCCC3)cn2)C(=O)N1. The molecule has 2 fully saturated rings. The van der Waals surface area contributed by atoms with Gasteiger partial charge in [-0.05, 0) is 31.4 Å². The van der Waals surface area contributed by atoms with Gasteiger partial charge in [0.25, 0.3) is 5.91 Å². The van der Waals surface area contributed by atoms with Crippen molar-refractivity contribution in [2.24, 2.45) is 0 Å². The summed E-state index contributed by atoms with van der Waals surface area (Å²) in [7, 11) is 0. The van der Waals surface area contributed by atoms with Gasteiger partial charge in [0.2, 0.25) is 11.8 Å². The number of imide groups is 1. The molecule has 128 valence electrons. The van der Waals surface area contributed by atoms with Crippen LogP contribution in [0, 0.1) is 0 Å². The van der Waals surface area contributed by atoms with Crippen molar-refractivity contribution in [1.82, 2.24) is 15.6 Å². The van der Waals surface area contributed by atoms with Crippen molar-refractivity contribution in [3.63, 3.8) is 0 Å². The van der Waals surface area contributed by atoms with Crippen LogP contribution in [0.3, 0.4) is 0 Å². The second-order valence-electron chi connectivity index (χ2n) is 6.39. The standard InChI is InChI=1S/C17H22N4O3/c22-15-9-8-14(17(24)21-15)20-16(23)13-7-6-12(10-18-13)19-11-4-2-1-3-5-11/h6-7,10-11,14,19H,1-5,8-9H2,(H,20,23)(H,21,22,24). The molecule has 24 heavy (non-hydrogen) atoms. The third-order valence-electron chi connectivity index (χ3n) is 4.52. The minimum absolute atomic E-state index is 0.231. The normalized spacial score (nSPS) is 21.9. The van der Waals surface area contributed by atoms with Crippen LogP contribution in [-0.2, 0) is 9.59 Å². The van der Waals surface area contributed by atoms with E-state index in [1.165, 1.54) is 19.3 Å². The zero-order valence-electron chi connectivity index (χ0n) is 13.5. The number of carbonyl (C=O) groups excluding carboxylic acids is 3. The van der Waals surface area contributed by atoms with Gasteiger partial charge < -0.3 is 10.6 Å². The van der Waals surface area contributed by atoms with Gasteiger partial charge >= 0.3 is 0 Å². The minimum atomic E-state index is -0.683. The van der Waals surface area contributed by atoms with Gasteiger partial charge in [0.05, 0.1) is 11.9 Å². The number of nitrogens with zero attached hydrogens (tertiary/aromatic N) is 1. The van der Waals surface area contributed by atoms with Gasteiger partial charge in [0.15, 0.2) is 0 Å². The fourth-order valence-corrected chi connectivity index (χ4v) is 3.16. The summed E-state index contributed by atoms with van der Waals surface area (Å²) in [5.74, 6) is -1.18. The van der Waals surface area contributed by atoms with E-state index in [9.17, 15) is 14.4 Å². The second-order valence-corrected chi connectivity index (χ2v) is 6.39. The molecule has 0 radical (unpaired) electrons. The van der Waals surface area contributed by atoms with Crippen LogP contribution in [0.15, 0.2) is 18.3 Å². The van der Waals surface area contributed by atoms with E-state index in [0.717, 1.165) is 18.5 Å². The van der Waals surface area contributed by atoms with Crippen LogP contribution in [0.4, 0.5) is 5.69 Å². The number of hydrogen-bond donors (Lipinski definition) is 3. The summed E-state index contributed by atoms with van der Waals surface area (Å²) in [5, 5.41) is 8.28. The first-order valence-electron chi connectivity index (χ1n) is 8.49. The van der Waals surface area contributed by atoms with Crippen LogP contribution in [0.25, 0.3) is 0 Å². The zero-order chi connectivity index (χ0) is 16.9. The van der Waals surface area contributed by atoms with Crippen molar-refractivity contribution in [1.29, 1.82) is 0 Å². The first kappa shape index (κ1) is 16.4. The van der Waals surface area contributed by atoms with Crippen LogP contribution < -0.4 is 16.0 Å². The van der Waals surface area contributed by atoms with Crippen LogP contribution >= 0.6 is 0 Å². The van der Waals surface area contributed by atoms with E-state index < -0.39 is 17.9 Å². The predicted molar refractivity (Wildman–Crippen MR) is 88.4 cm³/mol. The Bertz CT molecular complexity index is 623. The Morgan fingerprint density at radius 1 is 1.12 bits per heavy atom. The van der Waals surface area contributed by atoms with Gasteiger partial charge in [-0.3, -0.25) is 19.7 Å². The van der Waals surface area contributed by atoms with Crippen molar-refractivity contribution in [2.75, 3.05) is 5.32 Å². The quantitative estimate of drug-likeness (QED) is 0.724. The highest BCUT2D eigenvalue weighted by Crippen LogP contribution is 2.21. The van der Waals surface area contributed by atoms with Gasteiger partial charge in [0.1, 0.15) is 11.7 Å². The van der Waals surface area contributed by atoms with Crippen molar-refractivity contribution in [2.45, 2.75) is 57.0 Å². The summed E-state index contributed by atoms with van der Waals surface area (Å²) in [5.41, 5.74) is 1.16. The zero-order valence-corrected chi connectivity index (χ0v) is 13.5. The number of nitrogens with one attached hydrogen (secondary N) is 3. The Labute approximate surface area is 140 Å². The maximum Gasteiger partial charge on any atom is 0.270 e. The van der Waals surface area contributed by atoms with Gasteiger partial charge in [-0.25, -0.2) is 4.98 Å². The summed E-state index contributed by atoms with van der Waals surface area (Å²) in [6.45, 7) is 0. The first-order valence-corrected chi connectivity index (χ1v) is 8.49. The number of piperidine rings is 1. The number of carbonyl (C=O) groups is 3. The topological polar surface area (TPSA) is 100 Å². The molecule has 1 aliphatic carbocycles. The molecule has 2 aliphatic rings. The van der Waals surface area contributed by atoms with Crippen molar-refractivity contribution in [3.8, 4) is 0 Å². The molecule has 1 unspecified atom stereocenters. The molecule has 1 atom stereocenters. The number of aromatic nitrogens is 1. The molecule has 3 amide bonds. The molecule has 0 aromatic carbocycles. The molecule has 0 bridgehead atoms. The lowest BCUT2D eigenvalue weighted by Gasteiger charge is -2.24. The average molecular weight is 330 g/mol. The van der Waals surface area contributed by atoms with E-state index in [-0.39, 0.29) is 18.0 Å². The monoisotopic (exact) mass is 330 g/mol. The summed E-state index contributed by atoms with van der Waals surface area (Å²) in [4.78, 5) is 39.1. The molecule has 1 aliphatic heterocycles. The number of pyridine rings is 1. The van der Waals surface area contributed by atoms with Crippen LogP contribution in [0.5, 0.6) is 0 Å². The van der Waals surface area contributed by atoms with Crippen LogP contribution in [0.1, 0.15) is 55.4 Å². The molecular weight excluding hydrogens is 308 g/mol. The largest absolute Gasteiger partial charge is 0.381 e. The fraction of sp³-hybridized carbons (Fsp3) is 0.529. The molecule has 1 aromatic rings. The molecule has 7 nitrogen and oxygen atoms in total. The first-order chi connectivity index (χ1) is 11.6. The Hall–Kier alpha value is -2.44. The van der Waals surface area contributed by atoms with Gasteiger partial charge in [0, 0.05) is 12.5 Å². The molecule has 7 heteroatoms. The minimum Gasteiger partial charge on any atom is -0.381 e. The van der Waals surface area contributed by atoms with E-state index >= 15 is 0 Å². The van der Waals surface area contributed by atoms with Crippen LogP contribution in [0.2, 0.25) is 0 Å². The van der Waals surface area contributed by atoms with Crippen molar-refractivity contribution < 1.29 is 14.4 Å². The maximum atomic E-state index is 12.2. The fourth-order valence-electron chi connectivity index (χ4n) is 3.16. The third kappa shape index (κ3) is 4.10. The summed E-state index contributed by atoms with van der Waals surface area (Å²) in [6.07, 6.45) is 8.32. The molecule has 1 aromatic heterocycles. The molecule has 0 spiro atoms. The maximum absolute atomic E-state index is 12.2. The van der Waals surface area contributed by atoms with Crippen molar-refractivity contribution in [3.05, 3.63) is 24.0 Å². The number of rotatable bonds is 4. The van der Waals surface area contributed by atoms with Gasteiger partial charge in [-0.1, -0.05) is 19.3 Å². The van der Waals surface area contributed by atoms with E-state index in [1.54, 1.807) is 12.3 Å². The Kier molecular flexibility index (Phi) is 5.08. The highest BCUT2D eigenvalue weighted by Gasteiger charge is 2.28. The van der Waals surface area contributed by atoms with E-state index in [0.29, 0.717) is 12.5 Å². The smallest absolute Gasteiger partial charge is 0.270 e. The third-order valence-corrected chi connectivity index (χ3v) is 4.52. The molecule has 3 N–H and O–H groups in total. The van der Waals surface area contributed by atoms with Crippen molar-refractivity contribution >= 4 is 23.4 Å². The molecule has 1 saturated carbocycles. The highest BCUT2D eigenvalue weighted by molar-refractivity contribution is 6.03. The molecule has 2 heterocycles. The summed E-state index contributed by atoms with van der Waals surface area (Å²) < 4.78 is 0. The van der Waals surface area contributed by atoms with E-state index in [1.807, 2.05) is 6.07 Å². The highest BCUT2D eigenvalue weighted by atomic mass is 16.2. The van der Waals surface area contributed by atoms with Gasteiger partial charge in [-0.15, -0.1) is 0 Å². The van der Waals surface area contributed by atoms with Gasteiger partial charge in [-0.2, -0.15) is 0 Å². The lowest BCUT2D eigenvalue weighted by Crippen LogP contribution is -2.52. The predicted octanol–water partition coefficient (Wildman–Crippen LogP) is 1.36. The number of anilines is 1. The average Bonchev–Trinajstić information content (AvgIpc) is 2.59. The lowest BCUT2D eigenvalue weighted by atomic mass is 9.95. The van der Waals surface area contributed by atoms with E-state index in [2.05, 4.69) is 20.9 Å².